The van der Waals surface area contributed by atoms with Gasteiger partial charge < -0.3 is 19.7 Å². The number of pyridine rings is 1. The monoisotopic (exact) mass is 383 g/mol. The first kappa shape index (κ1) is 20.0. The van der Waals surface area contributed by atoms with Gasteiger partial charge in [0.2, 0.25) is 5.91 Å². The van der Waals surface area contributed by atoms with Gasteiger partial charge >= 0.3 is 0 Å². The van der Waals surface area contributed by atoms with E-state index in [9.17, 15) is 4.79 Å². The van der Waals surface area contributed by atoms with E-state index in [1.165, 1.54) is 19.3 Å². The number of piperidine rings is 1. The Kier molecular flexibility index (Phi) is 6.74. The number of nitrogens with one attached hydrogen (secondary N) is 1. The van der Waals surface area contributed by atoms with Crippen LogP contribution in [-0.2, 0) is 11.2 Å². The summed E-state index contributed by atoms with van der Waals surface area (Å²) in [6, 6.07) is 9.99. The Morgan fingerprint density at radius 2 is 2.00 bits per heavy atom. The molecular weight excluding hydrogens is 354 g/mol. The van der Waals surface area contributed by atoms with Gasteiger partial charge in [0.05, 0.1) is 32.5 Å². The van der Waals surface area contributed by atoms with E-state index >= 15 is 0 Å². The Bertz CT molecular complexity index is 792. The number of amides is 1. The summed E-state index contributed by atoms with van der Waals surface area (Å²) in [6.07, 6.45) is 7.00. The number of carbonyl (C=O) groups is 1. The second kappa shape index (κ2) is 9.44. The van der Waals surface area contributed by atoms with E-state index in [-0.39, 0.29) is 12.3 Å². The van der Waals surface area contributed by atoms with E-state index in [0.29, 0.717) is 23.4 Å². The minimum atomic E-state index is -0.114. The summed E-state index contributed by atoms with van der Waals surface area (Å²) >= 11 is 0. The molecule has 1 N–H and O–H groups in total. The molecule has 0 saturated carbocycles. The van der Waals surface area contributed by atoms with Crippen molar-refractivity contribution in [3.8, 4) is 11.5 Å². The number of benzene rings is 1. The molecule has 28 heavy (non-hydrogen) atoms. The third-order valence-electron chi connectivity index (χ3n) is 5.26. The molecule has 1 aliphatic rings. The number of methoxy groups -OCH3 is 2. The van der Waals surface area contributed by atoms with E-state index < -0.39 is 0 Å². The van der Waals surface area contributed by atoms with Crippen LogP contribution in [0.2, 0.25) is 0 Å². The van der Waals surface area contributed by atoms with Gasteiger partial charge in [0.25, 0.3) is 0 Å². The first-order chi connectivity index (χ1) is 13.6. The molecule has 1 aromatic heterocycles. The van der Waals surface area contributed by atoms with Crippen molar-refractivity contribution in [1.29, 1.82) is 0 Å². The summed E-state index contributed by atoms with van der Waals surface area (Å²) in [6.45, 7) is 3.31. The second-order valence-electron chi connectivity index (χ2n) is 7.07. The van der Waals surface area contributed by atoms with Gasteiger partial charge in [-0.05, 0) is 55.5 Å². The number of hydrogen-bond acceptors (Lipinski definition) is 5. The molecule has 1 fully saturated rings. The molecule has 1 unspecified atom stereocenters. The second-order valence-corrected chi connectivity index (χ2v) is 7.07. The Hall–Kier alpha value is -2.76. The van der Waals surface area contributed by atoms with Crippen LogP contribution in [0.5, 0.6) is 11.5 Å². The summed E-state index contributed by atoms with van der Waals surface area (Å²) in [7, 11) is 3.17. The predicted octanol–water partition coefficient (Wildman–Crippen LogP) is 4.05. The highest BCUT2D eigenvalue weighted by Gasteiger charge is 2.21. The molecule has 6 nitrogen and oxygen atoms in total. The van der Waals surface area contributed by atoms with Crippen LogP contribution in [0.15, 0.2) is 36.5 Å². The van der Waals surface area contributed by atoms with Crippen molar-refractivity contribution in [2.75, 3.05) is 31.0 Å². The van der Waals surface area contributed by atoms with Gasteiger partial charge in [0.1, 0.15) is 5.82 Å². The van der Waals surface area contributed by atoms with Gasteiger partial charge in [0.15, 0.2) is 11.5 Å². The molecule has 1 aliphatic heterocycles. The van der Waals surface area contributed by atoms with Crippen LogP contribution < -0.4 is 19.7 Å². The highest BCUT2D eigenvalue weighted by atomic mass is 16.5. The van der Waals surface area contributed by atoms with E-state index in [1.807, 2.05) is 30.5 Å². The van der Waals surface area contributed by atoms with Crippen molar-refractivity contribution < 1.29 is 14.3 Å². The number of anilines is 2. The Labute approximate surface area is 166 Å². The van der Waals surface area contributed by atoms with Crippen molar-refractivity contribution in [2.45, 2.75) is 45.1 Å². The van der Waals surface area contributed by atoms with Crippen molar-refractivity contribution >= 4 is 17.4 Å². The molecule has 2 heterocycles. The van der Waals surface area contributed by atoms with Gasteiger partial charge in [-0.1, -0.05) is 13.0 Å². The lowest BCUT2D eigenvalue weighted by molar-refractivity contribution is -0.115. The first-order valence-electron chi connectivity index (χ1n) is 9.88. The predicted molar refractivity (Wildman–Crippen MR) is 111 cm³/mol. The maximum Gasteiger partial charge on any atom is 0.229 e. The zero-order valence-electron chi connectivity index (χ0n) is 16.9. The lowest BCUT2D eigenvalue weighted by atomic mass is 9.99. The minimum absolute atomic E-state index is 0.114. The molecule has 6 heteroatoms. The fraction of sp³-hybridized carbons (Fsp3) is 0.455. The van der Waals surface area contributed by atoms with Crippen molar-refractivity contribution in [3.05, 3.63) is 42.1 Å². The fourth-order valence-corrected chi connectivity index (χ4v) is 3.76. The van der Waals surface area contributed by atoms with Gasteiger partial charge in [0, 0.05) is 12.6 Å². The Morgan fingerprint density at radius 3 is 2.68 bits per heavy atom. The molecule has 1 atom stereocenters. The third kappa shape index (κ3) is 4.74. The van der Waals surface area contributed by atoms with Crippen LogP contribution in [-0.4, -0.2) is 37.7 Å². The molecule has 1 saturated heterocycles. The van der Waals surface area contributed by atoms with Crippen LogP contribution in [0, 0.1) is 0 Å². The van der Waals surface area contributed by atoms with Crippen LogP contribution >= 0.6 is 0 Å². The van der Waals surface area contributed by atoms with Crippen molar-refractivity contribution in [1.82, 2.24) is 4.98 Å². The van der Waals surface area contributed by atoms with E-state index in [1.54, 1.807) is 20.3 Å². The Morgan fingerprint density at radius 1 is 1.18 bits per heavy atom. The molecule has 150 valence electrons. The van der Waals surface area contributed by atoms with Crippen LogP contribution in [0.1, 0.15) is 38.2 Å². The normalized spacial score (nSPS) is 16.5. The summed E-state index contributed by atoms with van der Waals surface area (Å²) in [5.41, 5.74) is 1.98. The van der Waals surface area contributed by atoms with Crippen molar-refractivity contribution in [2.24, 2.45) is 0 Å². The first-order valence-corrected chi connectivity index (χ1v) is 9.88. The van der Waals surface area contributed by atoms with E-state index in [2.05, 4.69) is 22.1 Å². The topological polar surface area (TPSA) is 63.7 Å². The molecule has 0 spiro atoms. The number of rotatable bonds is 7. The highest BCUT2D eigenvalue weighted by molar-refractivity contribution is 5.91. The summed E-state index contributed by atoms with van der Waals surface area (Å²) in [4.78, 5) is 19.3. The molecule has 0 bridgehead atoms. The number of carbonyl (C=O) groups excluding carboxylic acids is 1. The van der Waals surface area contributed by atoms with Gasteiger partial charge in [-0.15, -0.1) is 0 Å². The molecular formula is C22H29N3O3. The number of nitrogens with zero attached hydrogens (tertiary/aromatic N) is 2. The molecule has 1 aromatic carbocycles. The summed E-state index contributed by atoms with van der Waals surface area (Å²) in [5.74, 6) is 1.71. The van der Waals surface area contributed by atoms with Crippen molar-refractivity contribution in [3.63, 3.8) is 0 Å². The smallest absolute Gasteiger partial charge is 0.229 e. The number of aromatic nitrogens is 1. The average molecular weight is 383 g/mol. The quantitative estimate of drug-likeness (QED) is 0.781. The summed E-state index contributed by atoms with van der Waals surface area (Å²) in [5, 5.41) is 2.87. The standard InChI is InChI=1S/C22H29N3O3/c1-4-17-7-5-6-12-25(17)18-9-11-21(23-15-18)24-22(26)14-16-8-10-19(27-2)20(13-16)28-3/h8-11,13,15,17H,4-7,12,14H2,1-3H3,(H,23,24,26). The largest absolute Gasteiger partial charge is 0.493 e. The Balaban J connectivity index is 1.61. The molecule has 3 rings (SSSR count). The van der Waals surface area contributed by atoms with Crippen LogP contribution in [0.4, 0.5) is 11.5 Å². The number of hydrogen-bond donors (Lipinski definition) is 1. The van der Waals surface area contributed by atoms with Gasteiger partial charge in [-0.2, -0.15) is 0 Å². The zero-order valence-corrected chi connectivity index (χ0v) is 16.9. The molecule has 0 radical (unpaired) electrons. The average Bonchev–Trinajstić information content (AvgIpc) is 2.74. The van der Waals surface area contributed by atoms with Crippen LogP contribution in [0.25, 0.3) is 0 Å². The van der Waals surface area contributed by atoms with E-state index in [4.69, 9.17) is 9.47 Å². The zero-order chi connectivity index (χ0) is 19.9. The van der Waals surface area contributed by atoms with Gasteiger partial charge in [-0.3, -0.25) is 4.79 Å². The van der Waals surface area contributed by atoms with E-state index in [0.717, 1.165) is 24.2 Å². The molecule has 0 aliphatic carbocycles. The fourth-order valence-electron chi connectivity index (χ4n) is 3.76. The minimum Gasteiger partial charge on any atom is -0.493 e. The summed E-state index contributed by atoms with van der Waals surface area (Å²) < 4.78 is 10.5. The highest BCUT2D eigenvalue weighted by Crippen LogP contribution is 2.28. The SMILES string of the molecule is CCC1CCCCN1c1ccc(NC(=O)Cc2ccc(OC)c(OC)c2)nc1. The molecule has 1 amide bonds. The maximum atomic E-state index is 12.4. The maximum absolute atomic E-state index is 12.4. The lowest BCUT2D eigenvalue weighted by Gasteiger charge is -2.37. The lowest BCUT2D eigenvalue weighted by Crippen LogP contribution is -2.39. The van der Waals surface area contributed by atoms with Crippen LogP contribution in [0.3, 0.4) is 0 Å². The van der Waals surface area contributed by atoms with Gasteiger partial charge in [-0.25, -0.2) is 4.98 Å². The third-order valence-corrected chi connectivity index (χ3v) is 5.26. The number of ether oxygens (including phenoxy) is 2. The molecule has 2 aromatic rings.